The SMILES string of the molecule is CCCC(=O)CC(=O)OOC.CCCC(=O)CC(=O)[O-].CCCC(=O)CC(=O)[O-].[Ti+2]. The van der Waals surface area contributed by atoms with Gasteiger partial charge in [0.1, 0.15) is 23.8 Å². The van der Waals surface area contributed by atoms with Gasteiger partial charge in [0.25, 0.3) is 0 Å². The molecule has 0 fully saturated rings. The van der Waals surface area contributed by atoms with Gasteiger partial charge in [-0.1, -0.05) is 20.8 Å². The Balaban J connectivity index is -0.000000167. The maximum atomic E-state index is 10.8. The number of carboxylic acid groups (broad SMARTS) is 2. The van der Waals surface area contributed by atoms with Crippen molar-refractivity contribution < 1.29 is 70.5 Å². The minimum atomic E-state index is -1.28. The molecule has 11 heteroatoms. The predicted molar refractivity (Wildman–Crippen MR) is 96.7 cm³/mol. The first kappa shape index (κ1) is 35.5. The second-order valence-electron chi connectivity index (χ2n) is 5.76. The number of hydrogen-bond donors (Lipinski definition) is 0. The zero-order valence-electron chi connectivity index (χ0n) is 17.9. The third kappa shape index (κ3) is 33.7. The fourth-order valence-corrected chi connectivity index (χ4v) is 1.71. The average Bonchev–Trinajstić information content (AvgIpc) is 2.55. The Morgan fingerprint density at radius 2 is 0.933 bits per heavy atom. The number of rotatable bonds is 13. The smallest absolute Gasteiger partial charge is 0.550 e. The number of ketones is 3. The summed E-state index contributed by atoms with van der Waals surface area (Å²) in [5.41, 5.74) is 0. The van der Waals surface area contributed by atoms with E-state index < -0.39 is 30.7 Å². The Hall–Kier alpha value is -1.91. The van der Waals surface area contributed by atoms with E-state index in [1.807, 2.05) is 20.8 Å². The molecular formula is C19H30O10Ti. The Morgan fingerprint density at radius 1 is 0.633 bits per heavy atom. The van der Waals surface area contributed by atoms with Crippen LogP contribution in [0.5, 0.6) is 0 Å². The molecule has 0 heterocycles. The maximum Gasteiger partial charge on any atom is 2.00 e. The fourth-order valence-electron chi connectivity index (χ4n) is 1.71. The maximum absolute atomic E-state index is 10.8. The first-order chi connectivity index (χ1) is 13.5. The molecule has 10 nitrogen and oxygen atoms in total. The number of carboxylic acids is 2. The van der Waals surface area contributed by atoms with Gasteiger partial charge in [0.2, 0.25) is 0 Å². The van der Waals surface area contributed by atoms with E-state index in [4.69, 9.17) is 0 Å². The molecule has 0 saturated heterocycles. The van der Waals surface area contributed by atoms with Gasteiger partial charge in [-0.05, 0) is 19.3 Å². The molecule has 30 heavy (non-hydrogen) atoms. The summed E-state index contributed by atoms with van der Waals surface area (Å²) < 4.78 is 0. The van der Waals surface area contributed by atoms with Gasteiger partial charge in [-0.3, -0.25) is 19.3 Å². The molecule has 0 rings (SSSR count). The van der Waals surface area contributed by atoms with Gasteiger partial charge in [-0.25, -0.2) is 4.79 Å². The Kier molecular flexibility index (Phi) is 29.8. The monoisotopic (exact) mass is 466 g/mol. The standard InChI is InChI=1S/C7H12O4.2C6H10O3.Ti/c1-3-4-6(8)5-7(9)11-10-2;2*1-2-3-5(7)4-6(8)9;/h3-5H2,1-2H3;2*2-4H2,1H3,(H,8,9);/q;;;+2/p-2. The van der Waals surface area contributed by atoms with E-state index in [1.165, 1.54) is 7.11 Å². The second-order valence-corrected chi connectivity index (χ2v) is 5.76. The first-order valence-corrected chi connectivity index (χ1v) is 9.22. The number of Topliss-reactive ketones (excluding diaryl/α,β-unsaturated/α-hetero) is 3. The van der Waals surface area contributed by atoms with Gasteiger partial charge in [-0.15, -0.1) is 0 Å². The minimum absolute atomic E-state index is 0. The van der Waals surface area contributed by atoms with Gasteiger partial charge in [0, 0.05) is 44.0 Å². The molecule has 0 spiro atoms. The van der Waals surface area contributed by atoms with Crippen LogP contribution >= 0.6 is 0 Å². The molecule has 0 radical (unpaired) electrons. The van der Waals surface area contributed by atoms with Crippen molar-refractivity contribution in [3.63, 3.8) is 0 Å². The first-order valence-electron chi connectivity index (χ1n) is 9.22. The molecule has 0 aromatic heterocycles. The van der Waals surface area contributed by atoms with Crippen molar-refractivity contribution in [1.82, 2.24) is 0 Å². The summed E-state index contributed by atoms with van der Waals surface area (Å²) in [4.78, 5) is 69.9. The number of hydrogen-bond acceptors (Lipinski definition) is 10. The van der Waals surface area contributed by atoms with E-state index in [9.17, 15) is 39.0 Å². The summed E-state index contributed by atoms with van der Waals surface area (Å²) in [6.07, 6.45) is 2.18. The molecule has 0 unspecified atom stereocenters. The quantitative estimate of drug-likeness (QED) is 0.154. The van der Waals surface area contributed by atoms with E-state index in [1.54, 1.807) is 0 Å². The van der Waals surface area contributed by atoms with Crippen LogP contribution in [0.1, 0.15) is 78.6 Å². The van der Waals surface area contributed by atoms with Crippen molar-refractivity contribution >= 4 is 35.3 Å². The van der Waals surface area contributed by atoms with Crippen LogP contribution in [0.4, 0.5) is 0 Å². The van der Waals surface area contributed by atoms with Gasteiger partial charge < -0.3 is 19.8 Å². The largest absolute Gasteiger partial charge is 2.00 e. The van der Waals surface area contributed by atoms with E-state index in [0.717, 1.165) is 6.42 Å². The Labute approximate surface area is 191 Å². The van der Waals surface area contributed by atoms with Crippen LogP contribution in [0.3, 0.4) is 0 Å². The van der Waals surface area contributed by atoms with Crippen molar-refractivity contribution in [2.24, 2.45) is 0 Å². The second kappa shape index (κ2) is 25.1. The van der Waals surface area contributed by atoms with Crippen LogP contribution in [0, 0.1) is 0 Å². The molecule has 0 aliphatic rings. The Morgan fingerprint density at radius 3 is 1.17 bits per heavy atom. The van der Waals surface area contributed by atoms with Crippen molar-refractivity contribution in [1.29, 1.82) is 0 Å². The van der Waals surface area contributed by atoms with Crippen LogP contribution in [0.15, 0.2) is 0 Å². The van der Waals surface area contributed by atoms with Crippen molar-refractivity contribution in [2.45, 2.75) is 78.6 Å². The molecule has 0 aliphatic carbocycles. The van der Waals surface area contributed by atoms with E-state index >= 15 is 0 Å². The van der Waals surface area contributed by atoms with Crippen LogP contribution in [-0.2, 0) is 60.3 Å². The van der Waals surface area contributed by atoms with Crippen molar-refractivity contribution in [2.75, 3.05) is 7.11 Å². The van der Waals surface area contributed by atoms with Crippen molar-refractivity contribution in [3.05, 3.63) is 0 Å². The van der Waals surface area contributed by atoms with Crippen LogP contribution in [0.2, 0.25) is 0 Å². The molecule has 0 aliphatic heterocycles. The molecule has 0 saturated carbocycles. The average molecular weight is 466 g/mol. The summed E-state index contributed by atoms with van der Waals surface area (Å²) in [6.45, 7) is 5.53. The fraction of sp³-hybridized carbons (Fsp3) is 0.684. The summed E-state index contributed by atoms with van der Waals surface area (Å²) in [6, 6.07) is 0. The molecular weight excluding hydrogens is 436 g/mol. The van der Waals surface area contributed by atoms with E-state index in [0.29, 0.717) is 32.1 Å². The third-order valence-corrected chi connectivity index (χ3v) is 2.79. The van der Waals surface area contributed by atoms with Gasteiger partial charge in [0.05, 0.1) is 7.11 Å². The van der Waals surface area contributed by atoms with E-state index in [2.05, 4.69) is 9.78 Å². The molecule has 0 aromatic carbocycles. The molecule has 0 bridgehead atoms. The molecule has 0 N–H and O–H groups in total. The third-order valence-electron chi connectivity index (χ3n) is 2.79. The molecule has 170 valence electrons. The topological polar surface area (TPSA) is 167 Å². The summed E-state index contributed by atoms with van der Waals surface area (Å²) in [5, 5.41) is 19.5. The summed E-state index contributed by atoms with van der Waals surface area (Å²) in [7, 11) is 1.22. The number of carbonyl (C=O) groups is 6. The van der Waals surface area contributed by atoms with Crippen LogP contribution in [-0.4, -0.2) is 42.4 Å². The van der Waals surface area contributed by atoms with Gasteiger partial charge in [-0.2, -0.15) is 4.89 Å². The van der Waals surface area contributed by atoms with Crippen molar-refractivity contribution in [3.8, 4) is 0 Å². The van der Waals surface area contributed by atoms with Gasteiger partial charge in [0.15, 0.2) is 0 Å². The van der Waals surface area contributed by atoms with Crippen LogP contribution < -0.4 is 10.2 Å². The Bertz CT molecular complexity index is 485. The molecule has 0 amide bonds. The molecule has 0 aromatic rings. The minimum Gasteiger partial charge on any atom is -0.550 e. The zero-order chi connectivity index (χ0) is 23.2. The summed E-state index contributed by atoms with van der Waals surface area (Å²) in [5.74, 6) is -3.82. The van der Waals surface area contributed by atoms with E-state index in [-0.39, 0.29) is 45.5 Å². The van der Waals surface area contributed by atoms with Crippen LogP contribution in [0.25, 0.3) is 0 Å². The summed E-state index contributed by atoms with van der Waals surface area (Å²) >= 11 is 0. The zero-order valence-corrected chi connectivity index (χ0v) is 19.5. The van der Waals surface area contributed by atoms with Gasteiger partial charge >= 0.3 is 27.7 Å². The number of aliphatic carboxylic acids is 2. The molecule has 0 atom stereocenters. The normalized spacial score (nSPS) is 8.80. The number of carbonyl (C=O) groups excluding carboxylic acids is 6. The predicted octanol–water partition coefficient (Wildman–Crippen LogP) is -0.161.